The summed E-state index contributed by atoms with van der Waals surface area (Å²) in [6.07, 6.45) is 7.07. The number of carbonyl (C=O) groups excluding carboxylic acids is 2. The zero-order chi connectivity index (χ0) is 21.7. The number of amides is 2. The molecule has 3 rings (SSSR count). The number of nitrogens with zero attached hydrogens (tertiary/aromatic N) is 4. The van der Waals surface area contributed by atoms with E-state index in [0.717, 1.165) is 31.5 Å². The summed E-state index contributed by atoms with van der Waals surface area (Å²) in [4.78, 5) is 32.8. The predicted octanol–water partition coefficient (Wildman–Crippen LogP) is 3.65. The van der Waals surface area contributed by atoms with Crippen molar-refractivity contribution in [2.75, 3.05) is 26.7 Å². The molecule has 0 radical (unpaired) electrons. The second-order valence-electron chi connectivity index (χ2n) is 9.05. The van der Waals surface area contributed by atoms with Gasteiger partial charge in [-0.05, 0) is 57.2 Å². The van der Waals surface area contributed by atoms with E-state index >= 15 is 0 Å². The molecule has 1 aromatic heterocycles. The van der Waals surface area contributed by atoms with Gasteiger partial charge in [0.05, 0.1) is 6.33 Å². The fourth-order valence-corrected chi connectivity index (χ4v) is 3.73. The molecule has 162 valence electrons. The fourth-order valence-electron chi connectivity index (χ4n) is 3.73. The Bertz CT molecular complexity index is 840. The maximum absolute atomic E-state index is 13.0. The molecule has 1 atom stereocenters. The Hall–Kier alpha value is -2.83. The quantitative estimate of drug-likeness (QED) is 0.752. The van der Waals surface area contributed by atoms with Crippen LogP contribution >= 0.6 is 0 Å². The van der Waals surface area contributed by atoms with Crippen LogP contribution in [-0.2, 0) is 11.3 Å². The van der Waals surface area contributed by atoms with Crippen LogP contribution in [-0.4, -0.2) is 63.6 Å². The number of imidazole rings is 1. The summed E-state index contributed by atoms with van der Waals surface area (Å²) < 4.78 is 7.43. The van der Waals surface area contributed by atoms with E-state index in [9.17, 15) is 9.59 Å². The lowest BCUT2D eigenvalue weighted by Crippen LogP contribution is -2.45. The van der Waals surface area contributed by atoms with Crippen LogP contribution in [0.15, 0.2) is 43.0 Å². The minimum absolute atomic E-state index is 0.0498. The molecule has 7 heteroatoms. The van der Waals surface area contributed by atoms with E-state index in [1.54, 1.807) is 24.5 Å². The highest BCUT2D eigenvalue weighted by Gasteiger charge is 2.27. The lowest BCUT2D eigenvalue weighted by Gasteiger charge is -2.35. The van der Waals surface area contributed by atoms with Crippen molar-refractivity contribution >= 4 is 12.0 Å². The first kappa shape index (κ1) is 21.9. The zero-order valence-electron chi connectivity index (χ0n) is 18.4. The summed E-state index contributed by atoms with van der Waals surface area (Å²) in [5, 5.41) is 0. The molecule has 0 spiro atoms. The molecule has 1 aliphatic rings. The third-order valence-corrected chi connectivity index (χ3v) is 5.17. The van der Waals surface area contributed by atoms with Crippen molar-refractivity contribution in [2.45, 2.75) is 45.8 Å². The first-order valence-electron chi connectivity index (χ1n) is 10.5. The van der Waals surface area contributed by atoms with Crippen molar-refractivity contribution in [3.8, 4) is 0 Å². The van der Waals surface area contributed by atoms with Crippen LogP contribution in [0.4, 0.5) is 4.79 Å². The van der Waals surface area contributed by atoms with E-state index in [4.69, 9.17) is 4.74 Å². The highest BCUT2D eigenvalue weighted by molar-refractivity contribution is 5.94. The van der Waals surface area contributed by atoms with Crippen LogP contribution in [0, 0.1) is 5.92 Å². The number of rotatable bonds is 5. The van der Waals surface area contributed by atoms with Gasteiger partial charge in [0.2, 0.25) is 0 Å². The van der Waals surface area contributed by atoms with Gasteiger partial charge in [0.15, 0.2) is 0 Å². The minimum Gasteiger partial charge on any atom is -0.444 e. The second-order valence-corrected chi connectivity index (χ2v) is 9.05. The first-order valence-corrected chi connectivity index (χ1v) is 10.5. The molecular weight excluding hydrogens is 380 g/mol. The minimum atomic E-state index is -0.510. The lowest BCUT2D eigenvalue weighted by atomic mass is 9.96. The molecule has 1 fully saturated rings. The van der Waals surface area contributed by atoms with Crippen molar-refractivity contribution in [1.82, 2.24) is 19.4 Å². The molecule has 1 aliphatic heterocycles. The fraction of sp³-hybridized carbons (Fsp3) is 0.522. The van der Waals surface area contributed by atoms with Gasteiger partial charge in [0, 0.05) is 51.2 Å². The molecule has 0 N–H and O–H groups in total. The molecule has 2 aromatic rings. The highest BCUT2D eigenvalue weighted by atomic mass is 16.6. The standard InChI is InChI=1S/C23H32N4O3/c1-23(2,3)30-22(29)25(4)14-19-6-5-12-27(16-19)21(28)20-9-7-18(8-10-20)15-26-13-11-24-17-26/h7-11,13,17,19H,5-6,12,14-16H2,1-4H3. The van der Waals surface area contributed by atoms with Crippen LogP contribution in [0.1, 0.15) is 49.5 Å². The summed E-state index contributed by atoms with van der Waals surface area (Å²) in [6.45, 7) is 8.31. The van der Waals surface area contributed by atoms with Crippen molar-refractivity contribution in [3.63, 3.8) is 0 Å². The van der Waals surface area contributed by atoms with Gasteiger partial charge >= 0.3 is 6.09 Å². The number of aromatic nitrogens is 2. The van der Waals surface area contributed by atoms with E-state index in [1.807, 2.05) is 60.7 Å². The smallest absolute Gasteiger partial charge is 0.410 e. The number of piperidine rings is 1. The van der Waals surface area contributed by atoms with Crippen LogP contribution in [0.5, 0.6) is 0 Å². The molecule has 1 aromatic carbocycles. The van der Waals surface area contributed by atoms with Crippen molar-refractivity contribution < 1.29 is 14.3 Å². The van der Waals surface area contributed by atoms with E-state index in [-0.39, 0.29) is 17.9 Å². The monoisotopic (exact) mass is 412 g/mol. The zero-order valence-corrected chi connectivity index (χ0v) is 18.4. The SMILES string of the molecule is CN(CC1CCCN(C(=O)c2ccc(Cn3ccnc3)cc2)C1)C(=O)OC(C)(C)C. The molecule has 0 aliphatic carbocycles. The Morgan fingerprint density at radius 1 is 1.23 bits per heavy atom. The van der Waals surface area contributed by atoms with Crippen molar-refractivity contribution in [2.24, 2.45) is 5.92 Å². The summed E-state index contributed by atoms with van der Waals surface area (Å²) in [6, 6.07) is 7.77. The number of ether oxygens (including phenoxy) is 1. The second kappa shape index (κ2) is 9.32. The molecule has 0 bridgehead atoms. The van der Waals surface area contributed by atoms with Crippen LogP contribution in [0.2, 0.25) is 0 Å². The molecular formula is C23H32N4O3. The van der Waals surface area contributed by atoms with Gasteiger partial charge in [0.1, 0.15) is 5.60 Å². The van der Waals surface area contributed by atoms with Gasteiger partial charge in [-0.1, -0.05) is 12.1 Å². The Balaban J connectivity index is 1.55. The van der Waals surface area contributed by atoms with Gasteiger partial charge in [0.25, 0.3) is 5.91 Å². The normalized spacial score (nSPS) is 16.9. The summed E-state index contributed by atoms with van der Waals surface area (Å²) in [5.74, 6) is 0.300. The Morgan fingerprint density at radius 2 is 1.97 bits per heavy atom. The molecule has 7 nitrogen and oxygen atoms in total. The van der Waals surface area contributed by atoms with Crippen molar-refractivity contribution in [3.05, 3.63) is 54.1 Å². The maximum Gasteiger partial charge on any atom is 0.410 e. The molecule has 0 saturated carbocycles. The average molecular weight is 413 g/mol. The predicted molar refractivity (Wildman–Crippen MR) is 115 cm³/mol. The van der Waals surface area contributed by atoms with E-state index in [2.05, 4.69) is 4.98 Å². The number of hydrogen-bond acceptors (Lipinski definition) is 4. The third-order valence-electron chi connectivity index (χ3n) is 5.17. The third kappa shape index (κ3) is 6.08. The lowest BCUT2D eigenvalue weighted by molar-refractivity contribution is 0.0244. The molecule has 2 amide bonds. The summed E-state index contributed by atoms with van der Waals surface area (Å²) in [7, 11) is 1.76. The van der Waals surface area contributed by atoms with Crippen LogP contribution < -0.4 is 0 Å². The average Bonchev–Trinajstić information content (AvgIpc) is 3.20. The Labute approximate surface area is 178 Å². The van der Waals surface area contributed by atoms with Gasteiger partial charge in [-0.3, -0.25) is 4.79 Å². The summed E-state index contributed by atoms with van der Waals surface area (Å²) in [5.41, 5.74) is 1.31. The van der Waals surface area contributed by atoms with Gasteiger partial charge in [-0.2, -0.15) is 0 Å². The number of carbonyl (C=O) groups is 2. The van der Waals surface area contributed by atoms with E-state index in [0.29, 0.717) is 18.7 Å². The largest absolute Gasteiger partial charge is 0.444 e. The number of hydrogen-bond donors (Lipinski definition) is 0. The maximum atomic E-state index is 13.0. The van der Waals surface area contributed by atoms with Gasteiger partial charge in [-0.25, -0.2) is 9.78 Å². The highest BCUT2D eigenvalue weighted by Crippen LogP contribution is 2.21. The topological polar surface area (TPSA) is 67.7 Å². The van der Waals surface area contributed by atoms with Crippen LogP contribution in [0.3, 0.4) is 0 Å². The van der Waals surface area contributed by atoms with Gasteiger partial charge in [-0.15, -0.1) is 0 Å². The summed E-state index contributed by atoms with van der Waals surface area (Å²) >= 11 is 0. The van der Waals surface area contributed by atoms with E-state index < -0.39 is 5.60 Å². The molecule has 2 heterocycles. The number of benzene rings is 1. The molecule has 30 heavy (non-hydrogen) atoms. The Kier molecular flexibility index (Phi) is 6.80. The van der Waals surface area contributed by atoms with Crippen molar-refractivity contribution in [1.29, 1.82) is 0 Å². The molecule has 1 unspecified atom stereocenters. The van der Waals surface area contributed by atoms with Gasteiger partial charge < -0.3 is 19.1 Å². The van der Waals surface area contributed by atoms with Crippen LogP contribution in [0.25, 0.3) is 0 Å². The number of likely N-dealkylation sites (tertiary alicyclic amines) is 1. The Morgan fingerprint density at radius 3 is 2.60 bits per heavy atom. The molecule has 1 saturated heterocycles. The first-order chi connectivity index (χ1) is 14.2. The van der Waals surface area contributed by atoms with E-state index in [1.165, 1.54) is 0 Å².